The van der Waals surface area contributed by atoms with Crippen molar-refractivity contribution in [2.75, 3.05) is 0 Å². The lowest BCUT2D eigenvalue weighted by molar-refractivity contribution is 0.240. The summed E-state index contributed by atoms with van der Waals surface area (Å²) in [6.45, 7) is 5.31. The third kappa shape index (κ3) is 2.79. The summed E-state index contributed by atoms with van der Waals surface area (Å²) in [6.07, 6.45) is 4.21. The summed E-state index contributed by atoms with van der Waals surface area (Å²) in [5, 5.41) is 4.89. The molecule has 1 aliphatic rings. The molecule has 1 aromatic carbocycles. The van der Waals surface area contributed by atoms with Gasteiger partial charge in [0, 0.05) is 23.7 Å². The predicted octanol–water partition coefficient (Wildman–Crippen LogP) is 3.82. The van der Waals surface area contributed by atoms with Crippen molar-refractivity contribution < 1.29 is 0 Å². The zero-order valence-electron chi connectivity index (χ0n) is 11.8. The number of aromatic nitrogens is 1. The van der Waals surface area contributed by atoms with Crippen LogP contribution in [0.25, 0.3) is 10.9 Å². The monoisotopic (exact) mass is 254 g/mol. The Balaban J connectivity index is 1.69. The summed E-state index contributed by atoms with van der Waals surface area (Å²) >= 11 is 0. The minimum Gasteiger partial charge on any atom is -0.310 e. The van der Waals surface area contributed by atoms with E-state index in [4.69, 9.17) is 0 Å². The highest BCUT2D eigenvalue weighted by molar-refractivity contribution is 5.79. The van der Waals surface area contributed by atoms with Crippen LogP contribution in [0.3, 0.4) is 0 Å². The Hall–Kier alpha value is -1.41. The molecule has 0 aliphatic heterocycles. The van der Waals surface area contributed by atoms with Crippen molar-refractivity contribution in [3.05, 3.63) is 41.6 Å². The van der Waals surface area contributed by atoms with Crippen molar-refractivity contribution in [3.63, 3.8) is 0 Å². The van der Waals surface area contributed by atoms with Gasteiger partial charge in [0.2, 0.25) is 0 Å². The van der Waals surface area contributed by atoms with Gasteiger partial charge in [0.25, 0.3) is 0 Å². The lowest BCUT2D eigenvalue weighted by atomic mass is 9.80. The van der Waals surface area contributed by atoms with Gasteiger partial charge in [-0.25, -0.2) is 0 Å². The van der Waals surface area contributed by atoms with E-state index in [1.807, 2.05) is 6.92 Å². The second-order valence-electron chi connectivity index (χ2n) is 5.84. The van der Waals surface area contributed by atoms with E-state index >= 15 is 0 Å². The molecule has 2 heteroatoms. The molecule has 1 unspecified atom stereocenters. The molecule has 1 aromatic heterocycles. The number of nitrogens with zero attached hydrogens (tertiary/aromatic N) is 1. The molecule has 1 N–H and O–H groups in total. The van der Waals surface area contributed by atoms with Crippen molar-refractivity contribution in [3.8, 4) is 0 Å². The van der Waals surface area contributed by atoms with Crippen molar-refractivity contribution in [2.24, 2.45) is 5.92 Å². The number of rotatable bonds is 4. The lowest BCUT2D eigenvalue weighted by Crippen LogP contribution is -2.36. The standard InChI is InChI=1S/C17H22N2/c1-12-6-8-16-10-14(7-9-17(16)19-12)11-18-13(2)15-4-3-5-15/h6-10,13,15,18H,3-5,11H2,1-2H3. The highest BCUT2D eigenvalue weighted by atomic mass is 14.9. The third-order valence-corrected chi connectivity index (χ3v) is 4.38. The van der Waals surface area contributed by atoms with Crippen LogP contribution in [0.4, 0.5) is 0 Å². The minimum absolute atomic E-state index is 0.639. The molecular weight excluding hydrogens is 232 g/mol. The molecule has 2 nitrogen and oxygen atoms in total. The van der Waals surface area contributed by atoms with Gasteiger partial charge in [-0.2, -0.15) is 0 Å². The highest BCUT2D eigenvalue weighted by Crippen LogP contribution is 2.29. The molecule has 0 radical (unpaired) electrons. The minimum atomic E-state index is 0.639. The Bertz CT molecular complexity index is 572. The maximum atomic E-state index is 4.54. The molecule has 1 heterocycles. The Morgan fingerprint density at radius 2 is 2.11 bits per heavy atom. The molecular formula is C17H22N2. The van der Waals surface area contributed by atoms with Crippen molar-refractivity contribution in [1.29, 1.82) is 0 Å². The van der Waals surface area contributed by atoms with E-state index in [1.165, 1.54) is 30.2 Å². The van der Waals surface area contributed by atoms with Gasteiger partial charge >= 0.3 is 0 Å². The Kier molecular flexibility index (Phi) is 3.52. The van der Waals surface area contributed by atoms with Gasteiger partial charge in [0.05, 0.1) is 5.52 Å². The number of fused-ring (bicyclic) bond motifs is 1. The fraction of sp³-hybridized carbons (Fsp3) is 0.471. The number of nitrogens with one attached hydrogen (secondary N) is 1. The molecule has 1 saturated carbocycles. The predicted molar refractivity (Wildman–Crippen MR) is 80.1 cm³/mol. The Morgan fingerprint density at radius 3 is 2.84 bits per heavy atom. The number of hydrogen-bond acceptors (Lipinski definition) is 2. The normalized spacial score (nSPS) is 17.4. The van der Waals surface area contributed by atoms with Crippen LogP contribution in [-0.4, -0.2) is 11.0 Å². The quantitative estimate of drug-likeness (QED) is 0.897. The summed E-state index contributed by atoms with van der Waals surface area (Å²) in [5.41, 5.74) is 3.53. The molecule has 1 aliphatic carbocycles. The number of hydrogen-bond donors (Lipinski definition) is 1. The SMILES string of the molecule is Cc1ccc2cc(CNC(C)C3CCC3)ccc2n1. The Morgan fingerprint density at radius 1 is 1.26 bits per heavy atom. The lowest BCUT2D eigenvalue weighted by Gasteiger charge is -2.32. The summed E-state index contributed by atoms with van der Waals surface area (Å²) in [7, 11) is 0. The molecule has 19 heavy (non-hydrogen) atoms. The van der Waals surface area contributed by atoms with Crippen LogP contribution in [-0.2, 0) is 6.54 Å². The van der Waals surface area contributed by atoms with E-state index in [0.717, 1.165) is 23.7 Å². The first kappa shape index (κ1) is 12.6. The molecule has 100 valence electrons. The van der Waals surface area contributed by atoms with Gasteiger partial charge < -0.3 is 5.32 Å². The van der Waals surface area contributed by atoms with E-state index in [1.54, 1.807) is 0 Å². The van der Waals surface area contributed by atoms with Gasteiger partial charge in [-0.1, -0.05) is 18.6 Å². The Labute approximate surface area is 115 Å². The average molecular weight is 254 g/mol. The first-order valence-corrected chi connectivity index (χ1v) is 7.32. The third-order valence-electron chi connectivity index (χ3n) is 4.38. The van der Waals surface area contributed by atoms with E-state index in [2.05, 4.69) is 47.6 Å². The maximum Gasteiger partial charge on any atom is 0.0705 e. The van der Waals surface area contributed by atoms with E-state index in [-0.39, 0.29) is 0 Å². The van der Waals surface area contributed by atoms with Gasteiger partial charge in [-0.05, 0) is 56.4 Å². The van der Waals surface area contributed by atoms with Gasteiger partial charge in [-0.3, -0.25) is 4.98 Å². The first-order valence-electron chi connectivity index (χ1n) is 7.32. The van der Waals surface area contributed by atoms with E-state index in [0.29, 0.717) is 6.04 Å². The van der Waals surface area contributed by atoms with Gasteiger partial charge in [0.1, 0.15) is 0 Å². The van der Waals surface area contributed by atoms with Gasteiger partial charge in [0.15, 0.2) is 0 Å². The van der Waals surface area contributed by atoms with Crippen LogP contribution in [0.1, 0.15) is 37.4 Å². The highest BCUT2D eigenvalue weighted by Gasteiger charge is 2.23. The summed E-state index contributed by atoms with van der Waals surface area (Å²) in [4.78, 5) is 4.54. The van der Waals surface area contributed by atoms with Crippen LogP contribution in [0.5, 0.6) is 0 Å². The van der Waals surface area contributed by atoms with E-state index in [9.17, 15) is 0 Å². The molecule has 0 saturated heterocycles. The summed E-state index contributed by atoms with van der Waals surface area (Å²) < 4.78 is 0. The van der Waals surface area contributed by atoms with Crippen LogP contribution < -0.4 is 5.32 Å². The average Bonchev–Trinajstić information content (AvgIpc) is 2.34. The number of aryl methyl sites for hydroxylation is 1. The van der Waals surface area contributed by atoms with Crippen LogP contribution in [0.15, 0.2) is 30.3 Å². The number of benzene rings is 1. The van der Waals surface area contributed by atoms with Crippen LogP contribution >= 0.6 is 0 Å². The van der Waals surface area contributed by atoms with Crippen molar-refractivity contribution in [2.45, 2.75) is 45.7 Å². The fourth-order valence-electron chi connectivity index (χ4n) is 2.77. The van der Waals surface area contributed by atoms with Gasteiger partial charge in [-0.15, -0.1) is 0 Å². The zero-order chi connectivity index (χ0) is 13.2. The fourth-order valence-corrected chi connectivity index (χ4v) is 2.77. The molecule has 0 amide bonds. The molecule has 0 spiro atoms. The van der Waals surface area contributed by atoms with Crippen molar-refractivity contribution in [1.82, 2.24) is 10.3 Å². The second-order valence-corrected chi connectivity index (χ2v) is 5.84. The van der Waals surface area contributed by atoms with Crippen molar-refractivity contribution >= 4 is 10.9 Å². The second kappa shape index (κ2) is 5.30. The molecule has 0 bridgehead atoms. The van der Waals surface area contributed by atoms with Crippen LogP contribution in [0.2, 0.25) is 0 Å². The first-order chi connectivity index (χ1) is 9.22. The molecule has 1 fully saturated rings. The maximum absolute atomic E-state index is 4.54. The summed E-state index contributed by atoms with van der Waals surface area (Å²) in [6, 6.07) is 11.5. The van der Waals surface area contributed by atoms with E-state index < -0.39 is 0 Å². The molecule has 2 aromatic rings. The zero-order valence-corrected chi connectivity index (χ0v) is 11.8. The van der Waals surface area contributed by atoms with Crippen LogP contribution in [0, 0.1) is 12.8 Å². The summed E-state index contributed by atoms with van der Waals surface area (Å²) in [5.74, 6) is 0.893. The molecule has 3 rings (SSSR count). The molecule has 1 atom stereocenters. The topological polar surface area (TPSA) is 24.9 Å². The largest absolute Gasteiger partial charge is 0.310 e. The number of pyridine rings is 1. The smallest absolute Gasteiger partial charge is 0.0705 e.